The quantitative estimate of drug-likeness (QED) is 0.747. The van der Waals surface area contributed by atoms with Gasteiger partial charge in [-0.3, -0.25) is 5.32 Å². The van der Waals surface area contributed by atoms with Crippen molar-refractivity contribution in [2.75, 3.05) is 7.11 Å². The Hall–Kier alpha value is -2.67. The van der Waals surface area contributed by atoms with Crippen molar-refractivity contribution >= 4 is 0 Å². The van der Waals surface area contributed by atoms with E-state index in [1.165, 1.54) is 6.07 Å². The molecule has 0 aliphatic carbocycles. The Morgan fingerprint density at radius 3 is 2.68 bits per heavy atom. The molecule has 0 saturated carbocycles. The van der Waals surface area contributed by atoms with Gasteiger partial charge in [-0.1, -0.05) is 18.2 Å². The first-order valence-electron chi connectivity index (χ1n) is 8.04. The van der Waals surface area contributed by atoms with Crippen LogP contribution in [0.5, 0.6) is 5.88 Å². The molecule has 0 fully saturated rings. The van der Waals surface area contributed by atoms with Crippen molar-refractivity contribution in [1.29, 1.82) is 0 Å². The monoisotopic (exact) mass is 343 g/mol. The number of benzene rings is 1. The van der Waals surface area contributed by atoms with E-state index in [-0.39, 0.29) is 11.9 Å². The first-order valence-corrected chi connectivity index (χ1v) is 8.04. The van der Waals surface area contributed by atoms with Gasteiger partial charge >= 0.3 is 0 Å². The fraction of sp³-hybridized carbons (Fsp3) is 0.333. The van der Waals surface area contributed by atoms with Crippen LogP contribution < -0.4 is 10.1 Å². The summed E-state index contributed by atoms with van der Waals surface area (Å²) in [6, 6.07) is 6.36. The van der Waals surface area contributed by atoms with Crippen molar-refractivity contribution in [3.63, 3.8) is 0 Å². The molecule has 3 rings (SSSR count). The fourth-order valence-corrected chi connectivity index (χ4v) is 3.05. The summed E-state index contributed by atoms with van der Waals surface area (Å²) in [6.45, 7) is 2.41. The molecule has 2 aromatic heterocycles. The molecule has 0 amide bonds. The molecule has 0 aliphatic heterocycles. The maximum Gasteiger partial charge on any atom is 0.216 e. The number of halogens is 1. The van der Waals surface area contributed by atoms with E-state index in [0.717, 1.165) is 17.1 Å². The van der Waals surface area contributed by atoms with Crippen molar-refractivity contribution in [1.82, 2.24) is 24.6 Å². The lowest BCUT2D eigenvalue weighted by atomic mass is 10.0. The van der Waals surface area contributed by atoms with Crippen LogP contribution in [0.25, 0.3) is 0 Å². The minimum Gasteiger partial charge on any atom is -0.481 e. The number of imidazole rings is 1. The summed E-state index contributed by atoms with van der Waals surface area (Å²) in [5.41, 5.74) is 2.37. The predicted molar refractivity (Wildman–Crippen MR) is 92.8 cm³/mol. The number of nitrogens with one attached hydrogen (secondary N) is 1. The normalized spacial score (nSPS) is 12.4. The number of ether oxygens (including phenoxy) is 1. The Kier molecular flexibility index (Phi) is 4.85. The zero-order chi connectivity index (χ0) is 18.0. The molecule has 1 N–H and O–H groups in total. The molecule has 6 nitrogen and oxygen atoms in total. The minimum atomic E-state index is -0.384. The third kappa shape index (κ3) is 3.28. The Balaban J connectivity index is 1.95. The molecule has 0 spiro atoms. The highest BCUT2D eigenvalue weighted by molar-refractivity contribution is 5.32. The van der Waals surface area contributed by atoms with Gasteiger partial charge in [0.2, 0.25) is 5.88 Å². The Morgan fingerprint density at radius 2 is 2.04 bits per heavy atom. The van der Waals surface area contributed by atoms with Gasteiger partial charge in [0.15, 0.2) is 0 Å². The smallest absolute Gasteiger partial charge is 0.216 e. The molecule has 0 radical (unpaired) electrons. The molecule has 0 aliphatic rings. The molecule has 0 saturated heterocycles. The number of aryl methyl sites for hydroxylation is 3. The van der Waals surface area contributed by atoms with Gasteiger partial charge in [0, 0.05) is 38.6 Å². The van der Waals surface area contributed by atoms with E-state index in [9.17, 15) is 4.39 Å². The van der Waals surface area contributed by atoms with Gasteiger partial charge in [-0.25, -0.2) is 14.1 Å². The van der Waals surface area contributed by atoms with Gasteiger partial charge in [0.1, 0.15) is 11.6 Å². The minimum absolute atomic E-state index is 0.266. The zero-order valence-corrected chi connectivity index (χ0v) is 14.8. The van der Waals surface area contributed by atoms with Crippen molar-refractivity contribution in [3.05, 3.63) is 65.1 Å². The van der Waals surface area contributed by atoms with Crippen LogP contribution in [-0.4, -0.2) is 26.4 Å². The number of nitrogens with zero attached hydrogens (tertiary/aromatic N) is 4. The van der Waals surface area contributed by atoms with Gasteiger partial charge in [-0.2, -0.15) is 5.10 Å². The highest BCUT2D eigenvalue weighted by Gasteiger charge is 2.23. The number of aromatic nitrogens is 4. The van der Waals surface area contributed by atoms with Crippen LogP contribution in [0.4, 0.5) is 4.39 Å². The van der Waals surface area contributed by atoms with Crippen LogP contribution in [0.1, 0.15) is 28.7 Å². The lowest BCUT2D eigenvalue weighted by molar-refractivity contribution is 0.367. The molecule has 7 heteroatoms. The summed E-state index contributed by atoms with van der Waals surface area (Å²) < 4.78 is 23.4. The van der Waals surface area contributed by atoms with E-state index in [1.807, 2.05) is 37.8 Å². The summed E-state index contributed by atoms with van der Waals surface area (Å²) >= 11 is 0. The molecule has 1 atom stereocenters. The average Bonchev–Trinajstić information content (AvgIpc) is 3.12. The third-order valence-corrected chi connectivity index (χ3v) is 4.30. The number of methoxy groups -OCH3 is 1. The van der Waals surface area contributed by atoms with Gasteiger partial charge < -0.3 is 9.30 Å². The zero-order valence-electron chi connectivity index (χ0n) is 14.8. The third-order valence-electron chi connectivity index (χ3n) is 4.30. The van der Waals surface area contributed by atoms with Gasteiger partial charge in [0.25, 0.3) is 0 Å². The van der Waals surface area contributed by atoms with E-state index in [2.05, 4.69) is 15.4 Å². The maximum atomic E-state index is 14.4. The number of hydrogen-bond donors (Lipinski definition) is 1. The van der Waals surface area contributed by atoms with Gasteiger partial charge in [-0.05, 0) is 13.0 Å². The summed E-state index contributed by atoms with van der Waals surface area (Å²) in [7, 11) is 5.35. The molecule has 0 bridgehead atoms. The van der Waals surface area contributed by atoms with Crippen LogP contribution in [-0.2, 0) is 20.6 Å². The topological polar surface area (TPSA) is 56.9 Å². The van der Waals surface area contributed by atoms with Crippen LogP contribution in [0.3, 0.4) is 0 Å². The number of rotatable bonds is 6. The van der Waals surface area contributed by atoms with E-state index in [4.69, 9.17) is 4.74 Å². The summed E-state index contributed by atoms with van der Waals surface area (Å²) in [5, 5.41) is 7.80. The second kappa shape index (κ2) is 7.06. The highest BCUT2D eigenvalue weighted by Crippen LogP contribution is 2.26. The van der Waals surface area contributed by atoms with Crippen LogP contribution in [0.15, 0.2) is 36.7 Å². The Labute approximate surface area is 146 Å². The summed E-state index contributed by atoms with van der Waals surface area (Å²) in [6.07, 6.45) is 3.56. The highest BCUT2D eigenvalue weighted by atomic mass is 19.1. The molecular weight excluding hydrogens is 321 g/mol. The second-order valence-electron chi connectivity index (χ2n) is 5.93. The van der Waals surface area contributed by atoms with Crippen molar-refractivity contribution < 1.29 is 9.13 Å². The van der Waals surface area contributed by atoms with E-state index < -0.39 is 0 Å². The Morgan fingerprint density at radius 1 is 1.28 bits per heavy atom. The molecule has 132 valence electrons. The van der Waals surface area contributed by atoms with E-state index in [1.54, 1.807) is 30.1 Å². The first kappa shape index (κ1) is 17.2. The summed E-state index contributed by atoms with van der Waals surface area (Å²) in [5.74, 6) is 1.17. The average molecular weight is 343 g/mol. The van der Waals surface area contributed by atoms with Crippen LogP contribution >= 0.6 is 0 Å². The SMILES string of the molecule is COc1c(CN[C@H](c2ccccc2F)c2nccn2C)c(C)nn1C. The van der Waals surface area contributed by atoms with E-state index in [0.29, 0.717) is 18.0 Å². The molecule has 2 heterocycles. The number of hydrogen-bond acceptors (Lipinski definition) is 4. The lowest BCUT2D eigenvalue weighted by Gasteiger charge is -2.20. The largest absolute Gasteiger partial charge is 0.481 e. The lowest BCUT2D eigenvalue weighted by Crippen LogP contribution is -2.26. The Bertz CT molecular complexity index is 870. The standard InChI is InChI=1S/C18H22FN5O/c1-12-14(18(25-4)24(3)22-12)11-21-16(17-20-9-10-23(17)2)13-7-5-6-8-15(13)19/h5-10,16,21H,11H2,1-4H3/t16-/m1/s1. The van der Waals surface area contributed by atoms with Crippen molar-refractivity contribution in [2.24, 2.45) is 14.1 Å². The van der Waals surface area contributed by atoms with Gasteiger partial charge in [-0.15, -0.1) is 0 Å². The molecule has 1 aromatic carbocycles. The van der Waals surface area contributed by atoms with E-state index >= 15 is 0 Å². The fourth-order valence-electron chi connectivity index (χ4n) is 3.05. The molecule has 3 aromatic rings. The summed E-state index contributed by atoms with van der Waals surface area (Å²) in [4.78, 5) is 4.40. The molecule has 25 heavy (non-hydrogen) atoms. The van der Waals surface area contributed by atoms with Crippen LogP contribution in [0.2, 0.25) is 0 Å². The van der Waals surface area contributed by atoms with Crippen LogP contribution in [0, 0.1) is 12.7 Å². The van der Waals surface area contributed by atoms with Crippen molar-refractivity contribution in [2.45, 2.75) is 19.5 Å². The van der Waals surface area contributed by atoms with Crippen molar-refractivity contribution in [3.8, 4) is 5.88 Å². The van der Waals surface area contributed by atoms with Gasteiger partial charge in [0.05, 0.1) is 24.4 Å². The molecular formula is C18H22FN5O. The predicted octanol–water partition coefficient (Wildman–Crippen LogP) is 2.49. The molecule has 0 unspecified atom stereocenters. The maximum absolute atomic E-state index is 14.4. The first-order chi connectivity index (χ1) is 12.0. The second-order valence-corrected chi connectivity index (χ2v) is 5.93.